The molecule has 0 saturated heterocycles. The molecular formula is C17H13BrF3N3O. The molecule has 8 heteroatoms. The molecule has 4 rings (SSSR count). The van der Waals surface area contributed by atoms with E-state index in [0.29, 0.717) is 21.6 Å². The van der Waals surface area contributed by atoms with Crippen molar-refractivity contribution in [1.29, 1.82) is 0 Å². The van der Waals surface area contributed by atoms with E-state index in [4.69, 9.17) is 4.74 Å². The lowest BCUT2D eigenvalue weighted by Gasteiger charge is -2.22. The van der Waals surface area contributed by atoms with Crippen LogP contribution in [0.3, 0.4) is 0 Å². The lowest BCUT2D eigenvalue weighted by atomic mass is 9.96. The summed E-state index contributed by atoms with van der Waals surface area (Å²) in [5, 5.41) is 0. The number of nitrogens with zero attached hydrogens (tertiary/aromatic N) is 3. The molecule has 25 heavy (non-hydrogen) atoms. The van der Waals surface area contributed by atoms with Crippen LogP contribution in [0.5, 0.6) is 5.75 Å². The van der Waals surface area contributed by atoms with Crippen molar-refractivity contribution in [2.24, 2.45) is 0 Å². The molecule has 0 spiro atoms. The van der Waals surface area contributed by atoms with Gasteiger partial charge in [0.25, 0.3) is 0 Å². The number of alkyl halides is 3. The number of methoxy groups -OCH3 is 1. The van der Waals surface area contributed by atoms with Crippen molar-refractivity contribution in [3.63, 3.8) is 0 Å². The predicted molar refractivity (Wildman–Crippen MR) is 89.6 cm³/mol. The first-order chi connectivity index (χ1) is 11.9. The van der Waals surface area contributed by atoms with Gasteiger partial charge in [0, 0.05) is 17.8 Å². The smallest absolute Gasteiger partial charge is 0.398 e. The molecule has 3 aromatic heterocycles. The Morgan fingerprint density at radius 1 is 1.28 bits per heavy atom. The van der Waals surface area contributed by atoms with E-state index in [1.54, 1.807) is 28.8 Å². The molecular weight excluding hydrogens is 399 g/mol. The molecule has 1 aliphatic rings. The lowest BCUT2D eigenvalue weighted by molar-refractivity contribution is -0.161. The van der Waals surface area contributed by atoms with E-state index in [-0.39, 0.29) is 24.2 Å². The molecule has 4 nitrogen and oxygen atoms in total. The summed E-state index contributed by atoms with van der Waals surface area (Å²) >= 11 is 3.31. The molecule has 0 atom stereocenters. The number of hydrogen-bond donors (Lipinski definition) is 0. The van der Waals surface area contributed by atoms with Crippen molar-refractivity contribution in [3.8, 4) is 17.1 Å². The molecule has 3 aromatic rings. The minimum atomic E-state index is -4.32. The highest BCUT2D eigenvalue weighted by molar-refractivity contribution is 9.10. The van der Waals surface area contributed by atoms with E-state index in [0.717, 1.165) is 0 Å². The SMILES string of the molecule is COc1cc2ncc(-c3cccc(Br)n3)n2cc1C1(C(F)(F)F)CC1. The summed E-state index contributed by atoms with van der Waals surface area (Å²) in [6.45, 7) is 0. The van der Waals surface area contributed by atoms with E-state index in [1.807, 2.05) is 6.07 Å². The molecule has 0 aromatic carbocycles. The summed E-state index contributed by atoms with van der Waals surface area (Å²) in [6.07, 6.45) is -1.10. The van der Waals surface area contributed by atoms with E-state index < -0.39 is 11.6 Å². The van der Waals surface area contributed by atoms with Crippen molar-refractivity contribution < 1.29 is 17.9 Å². The normalized spacial score (nSPS) is 16.2. The molecule has 130 valence electrons. The summed E-state index contributed by atoms with van der Waals surface area (Å²) in [6, 6.07) is 6.93. The zero-order chi connectivity index (χ0) is 17.8. The summed E-state index contributed by atoms with van der Waals surface area (Å²) in [5.74, 6) is 0.210. The molecule has 0 bridgehead atoms. The van der Waals surface area contributed by atoms with Crippen LogP contribution < -0.4 is 4.74 Å². The Balaban J connectivity index is 1.94. The second-order valence-corrected chi connectivity index (χ2v) is 6.87. The second kappa shape index (κ2) is 5.45. The van der Waals surface area contributed by atoms with Gasteiger partial charge in [0.2, 0.25) is 0 Å². The Kier molecular flexibility index (Phi) is 3.57. The van der Waals surface area contributed by atoms with Gasteiger partial charge in [-0.25, -0.2) is 9.97 Å². The fourth-order valence-electron chi connectivity index (χ4n) is 3.10. The van der Waals surface area contributed by atoms with Crippen LogP contribution in [-0.4, -0.2) is 27.7 Å². The third kappa shape index (κ3) is 2.50. The van der Waals surface area contributed by atoms with E-state index in [2.05, 4.69) is 25.9 Å². The summed E-state index contributed by atoms with van der Waals surface area (Å²) in [5.41, 5.74) is 0.0614. The number of pyridine rings is 2. The maximum Gasteiger partial charge on any atom is 0.398 e. The van der Waals surface area contributed by atoms with Gasteiger partial charge in [-0.1, -0.05) is 6.07 Å². The summed E-state index contributed by atoms with van der Waals surface area (Å²) in [4.78, 5) is 8.65. The highest BCUT2D eigenvalue weighted by Crippen LogP contribution is 2.60. The maximum absolute atomic E-state index is 13.6. The van der Waals surface area contributed by atoms with E-state index in [9.17, 15) is 13.2 Å². The number of halogens is 4. The Hall–Kier alpha value is -2.09. The van der Waals surface area contributed by atoms with Gasteiger partial charge in [0.15, 0.2) is 0 Å². The van der Waals surface area contributed by atoms with Gasteiger partial charge in [-0.05, 0) is 40.9 Å². The van der Waals surface area contributed by atoms with Crippen LogP contribution >= 0.6 is 15.9 Å². The minimum Gasteiger partial charge on any atom is -0.496 e. The topological polar surface area (TPSA) is 39.4 Å². The Bertz CT molecular complexity index is 963. The van der Waals surface area contributed by atoms with Crippen molar-refractivity contribution in [2.75, 3.05) is 7.11 Å². The number of aromatic nitrogens is 3. The quantitative estimate of drug-likeness (QED) is 0.583. The number of imidazole rings is 1. The Morgan fingerprint density at radius 2 is 2.04 bits per heavy atom. The van der Waals surface area contributed by atoms with Crippen LogP contribution in [-0.2, 0) is 5.41 Å². The molecule has 3 heterocycles. The standard InChI is InChI=1S/C17H13BrF3N3O/c1-25-13-7-15-22-8-12(11-3-2-4-14(18)23-11)24(15)9-10(13)16(5-6-16)17(19,20)21/h2-4,7-9H,5-6H2,1H3. The monoisotopic (exact) mass is 411 g/mol. The zero-order valence-electron chi connectivity index (χ0n) is 13.1. The minimum absolute atomic E-state index is 0.0670. The van der Waals surface area contributed by atoms with Crippen LogP contribution in [0.15, 0.2) is 41.3 Å². The molecule has 0 unspecified atom stereocenters. The largest absolute Gasteiger partial charge is 0.496 e. The average Bonchev–Trinajstić information content (AvgIpc) is 3.28. The van der Waals surface area contributed by atoms with Crippen molar-refractivity contribution >= 4 is 21.6 Å². The van der Waals surface area contributed by atoms with Crippen LogP contribution in [0.2, 0.25) is 0 Å². The maximum atomic E-state index is 13.6. The van der Waals surface area contributed by atoms with Gasteiger partial charge < -0.3 is 4.74 Å². The molecule has 0 aliphatic heterocycles. The molecule has 1 aliphatic carbocycles. The van der Waals surface area contributed by atoms with Gasteiger partial charge >= 0.3 is 6.18 Å². The number of hydrogen-bond acceptors (Lipinski definition) is 3. The lowest BCUT2D eigenvalue weighted by Crippen LogP contribution is -2.29. The molecule has 0 amide bonds. The van der Waals surface area contributed by atoms with Crippen LogP contribution in [0, 0.1) is 0 Å². The first-order valence-electron chi connectivity index (χ1n) is 7.61. The molecule has 1 saturated carbocycles. The number of ether oxygens (including phenoxy) is 1. The van der Waals surface area contributed by atoms with Crippen LogP contribution in [0.1, 0.15) is 18.4 Å². The molecule has 1 fully saturated rings. The zero-order valence-corrected chi connectivity index (χ0v) is 14.7. The molecule has 0 radical (unpaired) electrons. The first-order valence-corrected chi connectivity index (χ1v) is 8.40. The third-order valence-corrected chi connectivity index (χ3v) is 5.06. The van der Waals surface area contributed by atoms with Crippen molar-refractivity contribution in [1.82, 2.24) is 14.4 Å². The van der Waals surface area contributed by atoms with E-state index >= 15 is 0 Å². The highest BCUT2D eigenvalue weighted by atomic mass is 79.9. The predicted octanol–water partition coefficient (Wildman–Crippen LogP) is 4.76. The average molecular weight is 412 g/mol. The van der Waals surface area contributed by atoms with Gasteiger partial charge in [-0.3, -0.25) is 4.40 Å². The summed E-state index contributed by atoms with van der Waals surface area (Å²) in [7, 11) is 1.38. The van der Waals surface area contributed by atoms with E-state index in [1.165, 1.54) is 13.3 Å². The van der Waals surface area contributed by atoms with Crippen LogP contribution in [0.4, 0.5) is 13.2 Å². The third-order valence-electron chi connectivity index (χ3n) is 4.61. The number of rotatable bonds is 3. The first kappa shape index (κ1) is 16.4. The fourth-order valence-corrected chi connectivity index (χ4v) is 3.45. The Labute approximate surface area is 149 Å². The van der Waals surface area contributed by atoms with Gasteiger partial charge in [0.1, 0.15) is 16.0 Å². The van der Waals surface area contributed by atoms with Crippen molar-refractivity contribution in [3.05, 3.63) is 46.8 Å². The van der Waals surface area contributed by atoms with Crippen molar-refractivity contribution in [2.45, 2.75) is 24.4 Å². The Morgan fingerprint density at radius 3 is 2.64 bits per heavy atom. The second-order valence-electron chi connectivity index (χ2n) is 6.05. The number of fused-ring (bicyclic) bond motifs is 1. The highest BCUT2D eigenvalue weighted by Gasteiger charge is 2.65. The van der Waals surface area contributed by atoms with Gasteiger partial charge in [0.05, 0.1) is 30.1 Å². The van der Waals surface area contributed by atoms with Crippen LogP contribution in [0.25, 0.3) is 17.0 Å². The summed E-state index contributed by atoms with van der Waals surface area (Å²) < 4.78 is 48.3. The molecule has 0 N–H and O–H groups in total. The van der Waals surface area contributed by atoms with Gasteiger partial charge in [-0.2, -0.15) is 13.2 Å². The fraction of sp³-hybridized carbons (Fsp3) is 0.294. The van der Waals surface area contributed by atoms with Gasteiger partial charge in [-0.15, -0.1) is 0 Å².